The number of nitrogens with one attached hydrogen (secondary N) is 2. The maximum Gasteiger partial charge on any atom is 0.349 e. The van der Waals surface area contributed by atoms with E-state index in [2.05, 4.69) is 34.9 Å². The number of thiocarbonyl (C=S) groups is 1. The third kappa shape index (κ3) is 5.22. The van der Waals surface area contributed by atoms with E-state index >= 15 is 0 Å². The minimum Gasteiger partial charge on any atom is -0.465 e. The number of aryl methyl sites for hydroxylation is 1. The van der Waals surface area contributed by atoms with Crippen LogP contribution in [0.4, 0.5) is 5.69 Å². The second-order valence-corrected chi connectivity index (χ2v) is 8.11. The number of fused-ring (bicyclic) bond motifs is 1. The molecule has 0 unspecified atom stereocenters. The van der Waals surface area contributed by atoms with Crippen LogP contribution in [0.2, 0.25) is 5.02 Å². The number of carbonyl (C=O) groups excluding carboxylic acids is 1. The minimum atomic E-state index is -0.423. The van der Waals surface area contributed by atoms with Gasteiger partial charge < -0.3 is 15.4 Å². The highest BCUT2D eigenvalue weighted by Crippen LogP contribution is 2.37. The number of rotatable bonds is 7. The summed E-state index contributed by atoms with van der Waals surface area (Å²) in [5.74, 6) is -0.423. The molecule has 3 aromatic rings. The fourth-order valence-electron chi connectivity index (χ4n) is 2.84. The molecule has 0 aliphatic heterocycles. The van der Waals surface area contributed by atoms with E-state index in [-0.39, 0.29) is 0 Å². The Balaban J connectivity index is 1.49. The van der Waals surface area contributed by atoms with Gasteiger partial charge in [0, 0.05) is 22.3 Å². The van der Waals surface area contributed by atoms with Gasteiger partial charge in [0.2, 0.25) is 0 Å². The van der Waals surface area contributed by atoms with Crippen molar-refractivity contribution in [2.24, 2.45) is 0 Å². The maximum absolute atomic E-state index is 11.8. The van der Waals surface area contributed by atoms with Gasteiger partial charge in [0.1, 0.15) is 4.88 Å². The Labute approximate surface area is 178 Å². The molecule has 146 valence electrons. The Kier molecular flexibility index (Phi) is 7.25. The number of thiophene rings is 1. The van der Waals surface area contributed by atoms with Crippen LogP contribution in [0, 0.1) is 0 Å². The van der Waals surface area contributed by atoms with E-state index in [1.165, 1.54) is 24.0 Å². The van der Waals surface area contributed by atoms with E-state index in [1.54, 1.807) is 0 Å². The molecule has 3 rings (SSSR count). The van der Waals surface area contributed by atoms with Gasteiger partial charge >= 0.3 is 5.97 Å². The molecule has 0 spiro atoms. The molecule has 0 saturated carbocycles. The number of benzene rings is 2. The van der Waals surface area contributed by atoms with E-state index in [9.17, 15) is 4.79 Å². The predicted molar refractivity (Wildman–Crippen MR) is 122 cm³/mol. The molecule has 0 aliphatic carbocycles. The number of esters is 1. The van der Waals surface area contributed by atoms with Crippen molar-refractivity contribution in [1.29, 1.82) is 0 Å². The van der Waals surface area contributed by atoms with Crippen molar-refractivity contribution in [1.82, 2.24) is 5.32 Å². The number of halogens is 1. The highest BCUT2D eigenvalue weighted by atomic mass is 35.5. The van der Waals surface area contributed by atoms with Crippen molar-refractivity contribution in [2.45, 2.75) is 19.3 Å². The molecule has 0 fully saturated rings. The van der Waals surface area contributed by atoms with Gasteiger partial charge in [-0.3, -0.25) is 0 Å². The summed E-state index contributed by atoms with van der Waals surface area (Å²) in [5, 5.41) is 8.25. The molecule has 2 aromatic carbocycles. The summed E-state index contributed by atoms with van der Waals surface area (Å²) in [5.41, 5.74) is 2.21. The molecule has 2 N–H and O–H groups in total. The second-order valence-electron chi connectivity index (χ2n) is 6.27. The van der Waals surface area contributed by atoms with Crippen molar-refractivity contribution < 1.29 is 9.53 Å². The SMILES string of the molecule is COC(=O)c1sc2cc(NC(=S)NCCCCc3ccccc3)ccc2c1Cl. The number of hydrogen-bond acceptors (Lipinski definition) is 4. The number of carbonyl (C=O) groups is 1. The van der Waals surface area contributed by atoms with Gasteiger partial charge in [0.25, 0.3) is 0 Å². The molecular weight excluding hydrogens is 412 g/mol. The van der Waals surface area contributed by atoms with E-state index < -0.39 is 5.97 Å². The lowest BCUT2D eigenvalue weighted by molar-refractivity contribution is 0.0606. The smallest absolute Gasteiger partial charge is 0.349 e. The second kappa shape index (κ2) is 9.87. The first kappa shape index (κ1) is 20.6. The molecule has 0 amide bonds. The third-order valence-corrected chi connectivity index (χ3v) is 6.16. The summed E-state index contributed by atoms with van der Waals surface area (Å²) in [6.45, 7) is 0.818. The third-order valence-electron chi connectivity index (χ3n) is 4.28. The quantitative estimate of drug-likeness (QED) is 0.287. The molecule has 1 aromatic heterocycles. The first-order valence-corrected chi connectivity index (χ1v) is 10.6. The zero-order valence-corrected chi connectivity index (χ0v) is 17.8. The van der Waals surface area contributed by atoms with E-state index in [0.717, 1.165) is 41.6 Å². The summed E-state index contributed by atoms with van der Waals surface area (Å²) in [4.78, 5) is 12.2. The van der Waals surface area contributed by atoms with Crippen LogP contribution in [0.3, 0.4) is 0 Å². The van der Waals surface area contributed by atoms with Crippen molar-refractivity contribution >= 4 is 62.0 Å². The van der Waals surface area contributed by atoms with Gasteiger partial charge in [0.05, 0.1) is 12.1 Å². The number of methoxy groups -OCH3 is 1. The number of anilines is 1. The Bertz CT molecular complexity index is 973. The predicted octanol–water partition coefficient (Wildman–Crippen LogP) is 5.65. The van der Waals surface area contributed by atoms with Crippen LogP contribution in [0.5, 0.6) is 0 Å². The molecule has 0 radical (unpaired) electrons. The highest BCUT2D eigenvalue weighted by molar-refractivity contribution is 7.80. The number of hydrogen-bond donors (Lipinski definition) is 2. The van der Waals surface area contributed by atoms with E-state index in [0.29, 0.717) is 15.0 Å². The molecule has 0 aliphatic rings. The summed E-state index contributed by atoms with van der Waals surface area (Å²) in [6.07, 6.45) is 3.22. The molecule has 0 saturated heterocycles. The fraction of sp³-hybridized carbons (Fsp3) is 0.238. The Morgan fingerprint density at radius 3 is 2.71 bits per heavy atom. The van der Waals surface area contributed by atoms with Gasteiger partial charge in [0.15, 0.2) is 5.11 Å². The fourth-order valence-corrected chi connectivity index (χ4v) is 4.53. The average molecular weight is 433 g/mol. The lowest BCUT2D eigenvalue weighted by Gasteiger charge is -2.10. The first-order valence-electron chi connectivity index (χ1n) is 8.97. The van der Waals surface area contributed by atoms with Crippen LogP contribution in [0.1, 0.15) is 28.1 Å². The largest absolute Gasteiger partial charge is 0.465 e. The summed E-state index contributed by atoms with van der Waals surface area (Å²) >= 11 is 13.0. The van der Waals surface area contributed by atoms with Gasteiger partial charge in [-0.25, -0.2) is 4.79 Å². The molecule has 0 atom stereocenters. The Morgan fingerprint density at radius 1 is 1.18 bits per heavy atom. The molecule has 7 heteroatoms. The van der Waals surface area contributed by atoms with Gasteiger partial charge in [-0.1, -0.05) is 41.9 Å². The van der Waals surface area contributed by atoms with Crippen LogP contribution < -0.4 is 10.6 Å². The molecule has 4 nitrogen and oxygen atoms in total. The topological polar surface area (TPSA) is 50.4 Å². The van der Waals surface area contributed by atoms with E-state index in [1.807, 2.05) is 24.3 Å². The normalized spacial score (nSPS) is 10.6. The van der Waals surface area contributed by atoms with Crippen LogP contribution in [-0.4, -0.2) is 24.7 Å². The maximum atomic E-state index is 11.8. The molecule has 28 heavy (non-hydrogen) atoms. The minimum absolute atomic E-state index is 0.412. The monoisotopic (exact) mass is 432 g/mol. The summed E-state index contributed by atoms with van der Waals surface area (Å²) in [6, 6.07) is 16.2. The zero-order chi connectivity index (χ0) is 19.9. The lowest BCUT2D eigenvalue weighted by atomic mass is 10.1. The van der Waals surface area contributed by atoms with Crippen molar-refractivity contribution in [3.8, 4) is 0 Å². The molecule has 1 heterocycles. The standard InChI is InChI=1S/C21H21ClN2O2S2/c1-26-20(25)19-18(22)16-11-10-15(13-17(16)28-19)24-21(27)23-12-6-5-9-14-7-3-2-4-8-14/h2-4,7-8,10-11,13H,5-6,9,12H2,1H3,(H2,23,24,27). The van der Waals surface area contributed by atoms with Gasteiger partial charge in [-0.05, 0) is 55.2 Å². The average Bonchev–Trinajstić information content (AvgIpc) is 3.04. The van der Waals surface area contributed by atoms with Crippen molar-refractivity contribution in [2.75, 3.05) is 19.0 Å². The van der Waals surface area contributed by atoms with Crippen LogP contribution in [-0.2, 0) is 11.2 Å². The van der Waals surface area contributed by atoms with E-state index in [4.69, 9.17) is 28.6 Å². The van der Waals surface area contributed by atoms with Crippen molar-refractivity contribution in [3.63, 3.8) is 0 Å². The van der Waals surface area contributed by atoms with Gasteiger partial charge in [-0.2, -0.15) is 0 Å². The first-order chi connectivity index (χ1) is 13.6. The number of ether oxygens (including phenoxy) is 1. The van der Waals surface area contributed by atoms with Crippen LogP contribution >= 0.6 is 35.2 Å². The molecule has 0 bridgehead atoms. The zero-order valence-electron chi connectivity index (χ0n) is 15.5. The molecular formula is C21H21ClN2O2S2. The highest BCUT2D eigenvalue weighted by Gasteiger charge is 2.17. The van der Waals surface area contributed by atoms with Crippen LogP contribution in [0.25, 0.3) is 10.1 Å². The lowest BCUT2D eigenvalue weighted by Crippen LogP contribution is -2.29. The Morgan fingerprint density at radius 2 is 1.96 bits per heavy atom. The van der Waals surface area contributed by atoms with Crippen molar-refractivity contribution in [3.05, 3.63) is 64.0 Å². The Hall–Kier alpha value is -2.15. The summed E-state index contributed by atoms with van der Waals surface area (Å²) in [7, 11) is 1.35. The summed E-state index contributed by atoms with van der Waals surface area (Å²) < 4.78 is 5.68. The van der Waals surface area contributed by atoms with Crippen LogP contribution in [0.15, 0.2) is 48.5 Å². The van der Waals surface area contributed by atoms with Gasteiger partial charge in [-0.15, -0.1) is 11.3 Å². The number of unbranched alkanes of at least 4 members (excludes halogenated alkanes) is 1.